The molecule has 29 heavy (non-hydrogen) atoms. The SMILES string of the molecule is CN1CCN(C(=O)COc2cccc3c(N4CCC(=O)NC4=O)nn(C)c23)CC1. The van der Waals surface area contributed by atoms with Gasteiger partial charge in [0.05, 0.1) is 0 Å². The second-order valence-corrected chi connectivity index (χ2v) is 7.33. The molecule has 0 spiro atoms. The van der Waals surface area contributed by atoms with Gasteiger partial charge in [0, 0.05) is 51.6 Å². The number of para-hydroxylation sites is 1. The van der Waals surface area contributed by atoms with Gasteiger partial charge < -0.3 is 14.5 Å². The summed E-state index contributed by atoms with van der Waals surface area (Å²) in [5.41, 5.74) is 0.693. The Morgan fingerprint density at radius 3 is 2.62 bits per heavy atom. The van der Waals surface area contributed by atoms with Gasteiger partial charge in [-0.2, -0.15) is 5.10 Å². The molecule has 0 aliphatic carbocycles. The Labute approximate surface area is 168 Å². The summed E-state index contributed by atoms with van der Waals surface area (Å²) in [6.45, 7) is 3.31. The van der Waals surface area contributed by atoms with Crippen molar-refractivity contribution in [2.45, 2.75) is 6.42 Å². The molecule has 2 saturated heterocycles. The Kier molecular flexibility index (Phi) is 5.10. The molecular formula is C19H24N6O4. The van der Waals surface area contributed by atoms with Gasteiger partial charge in [0.15, 0.2) is 12.4 Å². The molecule has 10 heteroatoms. The highest BCUT2D eigenvalue weighted by Gasteiger charge is 2.29. The number of amides is 4. The Hall–Kier alpha value is -3.14. The van der Waals surface area contributed by atoms with Crippen LogP contribution in [0, 0.1) is 0 Å². The Morgan fingerprint density at radius 2 is 1.90 bits per heavy atom. The second kappa shape index (κ2) is 7.70. The monoisotopic (exact) mass is 400 g/mol. The summed E-state index contributed by atoms with van der Waals surface area (Å²) in [5, 5.41) is 7.50. The zero-order chi connectivity index (χ0) is 20.5. The molecule has 0 bridgehead atoms. The average Bonchev–Trinajstić information content (AvgIpc) is 3.04. The fourth-order valence-corrected chi connectivity index (χ4v) is 3.65. The van der Waals surface area contributed by atoms with Gasteiger partial charge in [0.1, 0.15) is 11.3 Å². The van der Waals surface area contributed by atoms with E-state index in [1.165, 1.54) is 4.90 Å². The van der Waals surface area contributed by atoms with Gasteiger partial charge in [-0.3, -0.25) is 24.5 Å². The van der Waals surface area contributed by atoms with Gasteiger partial charge in [0.2, 0.25) is 5.91 Å². The summed E-state index contributed by atoms with van der Waals surface area (Å²) >= 11 is 0. The number of piperazine rings is 1. The van der Waals surface area contributed by atoms with Crippen LogP contribution in [0.5, 0.6) is 5.75 Å². The molecule has 2 aliphatic rings. The smallest absolute Gasteiger partial charge is 0.329 e. The number of carbonyl (C=O) groups is 3. The molecule has 2 aliphatic heterocycles. The van der Waals surface area contributed by atoms with E-state index >= 15 is 0 Å². The van der Waals surface area contributed by atoms with Crippen molar-refractivity contribution in [2.75, 3.05) is 51.3 Å². The van der Waals surface area contributed by atoms with Gasteiger partial charge in [-0.1, -0.05) is 6.07 Å². The number of anilines is 1. The van der Waals surface area contributed by atoms with Crippen molar-refractivity contribution in [1.29, 1.82) is 0 Å². The molecule has 10 nitrogen and oxygen atoms in total. The van der Waals surface area contributed by atoms with E-state index in [4.69, 9.17) is 4.74 Å². The first-order chi connectivity index (χ1) is 13.9. The number of rotatable bonds is 4. The highest BCUT2D eigenvalue weighted by atomic mass is 16.5. The van der Waals surface area contributed by atoms with Crippen molar-refractivity contribution in [1.82, 2.24) is 24.9 Å². The van der Waals surface area contributed by atoms with E-state index in [1.54, 1.807) is 23.9 Å². The Balaban J connectivity index is 1.54. The van der Waals surface area contributed by atoms with Crippen molar-refractivity contribution in [2.24, 2.45) is 7.05 Å². The number of hydrogen-bond acceptors (Lipinski definition) is 6. The summed E-state index contributed by atoms with van der Waals surface area (Å²) in [4.78, 5) is 41.6. The van der Waals surface area contributed by atoms with E-state index < -0.39 is 6.03 Å². The fourth-order valence-electron chi connectivity index (χ4n) is 3.65. The maximum absolute atomic E-state index is 12.5. The van der Waals surface area contributed by atoms with Crippen LogP contribution in [0.2, 0.25) is 0 Å². The third kappa shape index (κ3) is 3.75. The zero-order valence-corrected chi connectivity index (χ0v) is 16.6. The number of nitrogens with zero attached hydrogens (tertiary/aromatic N) is 5. The quantitative estimate of drug-likeness (QED) is 0.786. The first kappa shape index (κ1) is 19.2. The van der Waals surface area contributed by atoms with Gasteiger partial charge in [-0.15, -0.1) is 0 Å². The number of urea groups is 1. The maximum Gasteiger partial charge on any atom is 0.329 e. The average molecular weight is 400 g/mol. The number of imide groups is 1. The lowest BCUT2D eigenvalue weighted by Gasteiger charge is -2.32. The molecule has 4 amide bonds. The van der Waals surface area contributed by atoms with E-state index in [9.17, 15) is 14.4 Å². The number of benzene rings is 1. The summed E-state index contributed by atoms with van der Waals surface area (Å²) in [6, 6.07) is 4.94. The van der Waals surface area contributed by atoms with Crippen LogP contribution in [0.4, 0.5) is 10.6 Å². The van der Waals surface area contributed by atoms with Crippen molar-refractivity contribution < 1.29 is 19.1 Å². The van der Waals surface area contributed by atoms with E-state index in [-0.39, 0.29) is 31.4 Å². The van der Waals surface area contributed by atoms with Crippen LogP contribution in [-0.2, 0) is 16.6 Å². The molecule has 2 aromatic rings. The molecule has 1 aromatic carbocycles. The number of aryl methyl sites for hydroxylation is 1. The Bertz CT molecular complexity index is 963. The minimum atomic E-state index is -0.488. The molecule has 0 atom stereocenters. The number of aromatic nitrogens is 2. The maximum atomic E-state index is 12.5. The summed E-state index contributed by atoms with van der Waals surface area (Å²) in [7, 11) is 3.80. The lowest BCUT2D eigenvalue weighted by molar-refractivity contribution is -0.134. The highest BCUT2D eigenvalue weighted by Crippen LogP contribution is 2.33. The van der Waals surface area contributed by atoms with Gasteiger partial charge >= 0.3 is 6.03 Å². The van der Waals surface area contributed by atoms with Gasteiger partial charge in [-0.05, 0) is 19.2 Å². The molecule has 0 unspecified atom stereocenters. The number of carbonyl (C=O) groups excluding carboxylic acids is 3. The number of nitrogens with one attached hydrogen (secondary N) is 1. The summed E-state index contributed by atoms with van der Waals surface area (Å²) < 4.78 is 7.48. The van der Waals surface area contributed by atoms with Crippen LogP contribution >= 0.6 is 0 Å². The van der Waals surface area contributed by atoms with Crippen molar-refractivity contribution in [3.8, 4) is 5.75 Å². The molecule has 0 saturated carbocycles. The summed E-state index contributed by atoms with van der Waals surface area (Å²) in [5.74, 6) is 0.646. The summed E-state index contributed by atoms with van der Waals surface area (Å²) in [6.07, 6.45) is 0.222. The van der Waals surface area contributed by atoms with Crippen LogP contribution in [0.3, 0.4) is 0 Å². The Morgan fingerprint density at radius 1 is 1.14 bits per heavy atom. The van der Waals surface area contributed by atoms with Crippen molar-refractivity contribution in [3.63, 3.8) is 0 Å². The lowest BCUT2D eigenvalue weighted by Crippen LogP contribution is -2.49. The predicted molar refractivity (Wildman–Crippen MR) is 106 cm³/mol. The lowest BCUT2D eigenvalue weighted by atomic mass is 10.2. The van der Waals surface area contributed by atoms with Crippen LogP contribution in [-0.4, -0.2) is 83.8 Å². The predicted octanol–water partition coefficient (Wildman–Crippen LogP) is 0.172. The zero-order valence-electron chi connectivity index (χ0n) is 16.6. The van der Waals surface area contributed by atoms with Crippen LogP contribution in [0.1, 0.15) is 6.42 Å². The first-order valence-electron chi connectivity index (χ1n) is 9.60. The normalized spacial score (nSPS) is 18.3. The topological polar surface area (TPSA) is 100 Å². The molecule has 4 rings (SSSR count). The largest absolute Gasteiger partial charge is 0.481 e. The molecular weight excluding hydrogens is 376 g/mol. The molecule has 1 N–H and O–H groups in total. The molecule has 0 radical (unpaired) electrons. The number of likely N-dealkylation sites (N-methyl/N-ethyl adjacent to an activating group) is 1. The highest BCUT2D eigenvalue weighted by molar-refractivity contribution is 6.09. The fraction of sp³-hybridized carbons (Fsp3) is 0.474. The second-order valence-electron chi connectivity index (χ2n) is 7.33. The number of hydrogen-bond donors (Lipinski definition) is 1. The third-order valence-corrected chi connectivity index (χ3v) is 5.33. The van der Waals surface area contributed by atoms with E-state index in [0.29, 0.717) is 30.2 Å². The molecule has 154 valence electrons. The van der Waals surface area contributed by atoms with Gasteiger partial charge in [0.25, 0.3) is 5.91 Å². The molecule has 1 aromatic heterocycles. The van der Waals surface area contributed by atoms with E-state index in [2.05, 4.69) is 15.3 Å². The van der Waals surface area contributed by atoms with E-state index in [1.807, 2.05) is 18.0 Å². The van der Waals surface area contributed by atoms with E-state index in [0.717, 1.165) is 18.5 Å². The van der Waals surface area contributed by atoms with Gasteiger partial charge in [-0.25, -0.2) is 4.79 Å². The van der Waals surface area contributed by atoms with Crippen molar-refractivity contribution in [3.05, 3.63) is 18.2 Å². The minimum Gasteiger partial charge on any atom is -0.481 e. The minimum absolute atomic E-state index is 0.0496. The number of ether oxygens (including phenoxy) is 1. The standard InChI is InChI=1S/C19H24N6O4/c1-22-8-10-24(11-9-22)16(27)12-29-14-5-3-4-13-17(14)23(2)21-18(13)25-7-6-15(26)20-19(25)28/h3-5H,6-12H2,1-2H3,(H,20,26,28). The van der Waals surface area contributed by atoms with Crippen LogP contribution < -0.4 is 15.0 Å². The van der Waals surface area contributed by atoms with Crippen molar-refractivity contribution >= 4 is 34.6 Å². The van der Waals surface area contributed by atoms with Crippen LogP contribution in [0.25, 0.3) is 10.9 Å². The van der Waals surface area contributed by atoms with Crippen LogP contribution in [0.15, 0.2) is 18.2 Å². The third-order valence-electron chi connectivity index (χ3n) is 5.33. The first-order valence-corrected chi connectivity index (χ1v) is 9.60. The molecule has 3 heterocycles. The number of fused-ring (bicyclic) bond motifs is 1. The molecule has 2 fully saturated rings.